The minimum atomic E-state index is -0.142. The molecule has 2 fully saturated rings. The maximum Gasteiger partial charge on any atom is 0.274 e. The molecule has 2 unspecified atom stereocenters. The normalized spacial score (nSPS) is 19.4. The molecule has 1 saturated heterocycles. The summed E-state index contributed by atoms with van der Waals surface area (Å²) in [4.78, 5) is 35.4. The number of pyridine rings is 2. The lowest BCUT2D eigenvalue weighted by molar-refractivity contribution is 0.103. The Morgan fingerprint density at radius 1 is 1.07 bits per heavy atom. The van der Waals surface area contributed by atoms with Crippen molar-refractivity contribution in [3.8, 4) is 11.1 Å². The highest BCUT2D eigenvalue weighted by atomic mass is 32.1. The molecule has 42 heavy (non-hydrogen) atoms. The summed E-state index contributed by atoms with van der Waals surface area (Å²) in [5.41, 5.74) is 6.29. The number of carbonyl (C=O) groups is 1. The zero-order chi connectivity index (χ0) is 28.8. The summed E-state index contributed by atoms with van der Waals surface area (Å²) in [6.45, 7) is 5.28. The standard InChI is InChI=1S/C33H35N5O3S/c1-20-25(5-3-6-27(20)36-32(39)29-17-26-21-7-8-22(15-21)31(26)42-29)23-16-28(33(40)37(2)19-23)35-30-10-9-24(18-34-30)38-11-4-13-41-14-12-38/h3,5-6,9-10,16-19,21-22H,4,7-8,11-15H2,1-2H3,(H,34,35)(H,36,39). The van der Waals surface area contributed by atoms with Crippen LogP contribution >= 0.6 is 11.3 Å². The first-order valence-electron chi connectivity index (χ1n) is 14.8. The van der Waals surface area contributed by atoms with E-state index in [0.29, 0.717) is 29.9 Å². The Labute approximate surface area is 249 Å². The van der Waals surface area contributed by atoms with Gasteiger partial charge in [0.1, 0.15) is 11.5 Å². The number of amides is 1. The van der Waals surface area contributed by atoms with E-state index < -0.39 is 0 Å². The van der Waals surface area contributed by atoms with Crippen LogP contribution in [0.25, 0.3) is 11.1 Å². The molecule has 3 aromatic heterocycles. The molecule has 1 aromatic carbocycles. The van der Waals surface area contributed by atoms with E-state index in [2.05, 4.69) is 26.6 Å². The van der Waals surface area contributed by atoms with Gasteiger partial charge >= 0.3 is 0 Å². The molecule has 2 N–H and O–H groups in total. The largest absolute Gasteiger partial charge is 0.380 e. The van der Waals surface area contributed by atoms with Crippen LogP contribution in [0.1, 0.15) is 63.2 Å². The summed E-state index contributed by atoms with van der Waals surface area (Å²) in [6, 6.07) is 13.8. The average molecular weight is 582 g/mol. The molecule has 2 aliphatic carbocycles. The summed E-state index contributed by atoms with van der Waals surface area (Å²) in [5, 5.41) is 6.39. The highest BCUT2D eigenvalue weighted by Gasteiger charge is 2.39. The van der Waals surface area contributed by atoms with E-state index in [-0.39, 0.29) is 11.5 Å². The molecule has 9 heteroatoms. The van der Waals surface area contributed by atoms with Crippen molar-refractivity contribution >= 4 is 40.1 Å². The zero-order valence-electron chi connectivity index (χ0n) is 24.0. The molecule has 216 valence electrons. The minimum Gasteiger partial charge on any atom is -0.380 e. The van der Waals surface area contributed by atoms with Crippen molar-refractivity contribution in [3.05, 3.63) is 86.1 Å². The average Bonchev–Trinajstić information content (AvgIpc) is 3.67. The van der Waals surface area contributed by atoms with Crippen molar-refractivity contribution in [2.45, 2.75) is 44.4 Å². The number of anilines is 4. The van der Waals surface area contributed by atoms with E-state index in [9.17, 15) is 9.59 Å². The van der Waals surface area contributed by atoms with Crippen molar-refractivity contribution in [1.29, 1.82) is 0 Å². The van der Waals surface area contributed by atoms with Gasteiger partial charge in [-0.3, -0.25) is 9.59 Å². The lowest BCUT2D eigenvalue weighted by atomic mass is 9.98. The second kappa shape index (κ2) is 11.0. The van der Waals surface area contributed by atoms with Gasteiger partial charge in [-0.25, -0.2) is 4.98 Å². The number of nitrogens with one attached hydrogen (secondary N) is 2. The minimum absolute atomic E-state index is 0.0564. The first-order chi connectivity index (χ1) is 20.4. The Morgan fingerprint density at radius 2 is 1.95 bits per heavy atom. The van der Waals surface area contributed by atoms with Crippen LogP contribution in [0.3, 0.4) is 0 Å². The van der Waals surface area contributed by atoms with Gasteiger partial charge in [0.05, 0.1) is 23.4 Å². The Balaban J connectivity index is 1.11. The molecule has 0 radical (unpaired) electrons. The van der Waals surface area contributed by atoms with Crippen LogP contribution in [0.4, 0.5) is 22.9 Å². The smallest absolute Gasteiger partial charge is 0.274 e. The third-order valence-electron chi connectivity index (χ3n) is 8.93. The number of hydrogen-bond donors (Lipinski definition) is 2. The number of thiophene rings is 1. The number of carbonyl (C=O) groups excluding carboxylic acids is 1. The van der Waals surface area contributed by atoms with Crippen molar-refractivity contribution in [3.63, 3.8) is 0 Å². The van der Waals surface area contributed by atoms with Gasteiger partial charge in [0.2, 0.25) is 0 Å². The van der Waals surface area contributed by atoms with Crippen LogP contribution in [-0.4, -0.2) is 41.8 Å². The van der Waals surface area contributed by atoms with Crippen LogP contribution in [0, 0.1) is 6.92 Å². The van der Waals surface area contributed by atoms with E-state index in [1.165, 1.54) is 29.7 Å². The molecule has 1 saturated carbocycles. The van der Waals surface area contributed by atoms with Crippen molar-refractivity contribution in [2.24, 2.45) is 7.05 Å². The van der Waals surface area contributed by atoms with Crippen molar-refractivity contribution in [1.82, 2.24) is 9.55 Å². The van der Waals surface area contributed by atoms with E-state index in [1.54, 1.807) is 23.0 Å². The number of benzene rings is 1. The molecule has 1 amide bonds. The van der Waals surface area contributed by atoms with Gasteiger partial charge in [-0.2, -0.15) is 0 Å². The van der Waals surface area contributed by atoms with Gasteiger partial charge in [-0.05, 0) is 91.5 Å². The van der Waals surface area contributed by atoms with Gasteiger partial charge in [0, 0.05) is 49.1 Å². The van der Waals surface area contributed by atoms with Gasteiger partial charge in [-0.15, -0.1) is 11.3 Å². The van der Waals surface area contributed by atoms with Gasteiger partial charge < -0.3 is 24.8 Å². The van der Waals surface area contributed by atoms with E-state index in [4.69, 9.17) is 4.74 Å². The molecule has 8 nitrogen and oxygen atoms in total. The van der Waals surface area contributed by atoms with Gasteiger partial charge in [-0.1, -0.05) is 12.1 Å². The quantitative estimate of drug-likeness (QED) is 0.274. The van der Waals surface area contributed by atoms with E-state index in [0.717, 1.165) is 59.1 Å². The number of ether oxygens (including phenoxy) is 1. The third kappa shape index (κ3) is 5.01. The third-order valence-corrected chi connectivity index (χ3v) is 10.2. The predicted octanol–water partition coefficient (Wildman–Crippen LogP) is 6.40. The lowest BCUT2D eigenvalue weighted by Crippen LogP contribution is -2.26. The summed E-state index contributed by atoms with van der Waals surface area (Å²) >= 11 is 1.66. The Hall–Kier alpha value is -3.95. The van der Waals surface area contributed by atoms with Crippen LogP contribution in [0.5, 0.6) is 0 Å². The Kier molecular flexibility index (Phi) is 7.07. The van der Waals surface area contributed by atoms with Crippen LogP contribution in [-0.2, 0) is 11.8 Å². The van der Waals surface area contributed by atoms with Crippen LogP contribution in [0.2, 0.25) is 0 Å². The molecule has 2 atom stereocenters. The number of hydrogen-bond acceptors (Lipinski definition) is 7. The molecule has 0 spiro atoms. The molecule has 3 aliphatic rings. The first-order valence-corrected chi connectivity index (χ1v) is 15.6. The Morgan fingerprint density at radius 3 is 2.79 bits per heavy atom. The summed E-state index contributed by atoms with van der Waals surface area (Å²) in [7, 11) is 1.75. The number of nitrogens with zero attached hydrogens (tertiary/aromatic N) is 3. The molecule has 1 aliphatic heterocycles. The van der Waals surface area contributed by atoms with Crippen LogP contribution in [0.15, 0.2) is 59.7 Å². The SMILES string of the molecule is Cc1c(NC(=O)c2cc3c(s2)C2CCC3C2)cccc1-c1cc(Nc2ccc(N3CCCOCC3)cn2)c(=O)n(C)c1. The maximum atomic E-state index is 13.3. The summed E-state index contributed by atoms with van der Waals surface area (Å²) in [5.74, 6) is 1.84. The number of aromatic nitrogens is 2. The molecule has 2 bridgehead atoms. The first kappa shape index (κ1) is 26.9. The summed E-state index contributed by atoms with van der Waals surface area (Å²) < 4.78 is 7.14. The van der Waals surface area contributed by atoms with E-state index >= 15 is 0 Å². The summed E-state index contributed by atoms with van der Waals surface area (Å²) in [6.07, 6.45) is 8.43. The molecule has 4 heterocycles. The van der Waals surface area contributed by atoms with Crippen molar-refractivity contribution < 1.29 is 9.53 Å². The predicted molar refractivity (Wildman–Crippen MR) is 169 cm³/mol. The monoisotopic (exact) mass is 581 g/mol. The second-order valence-corrected chi connectivity index (χ2v) is 12.7. The number of rotatable bonds is 6. The highest BCUT2D eigenvalue weighted by Crippen LogP contribution is 2.56. The highest BCUT2D eigenvalue weighted by molar-refractivity contribution is 7.14. The fourth-order valence-electron chi connectivity index (χ4n) is 6.68. The van der Waals surface area contributed by atoms with Gasteiger partial charge in [0.15, 0.2) is 0 Å². The second-order valence-electron chi connectivity index (χ2n) is 11.6. The van der Waals surface area contributed by atoms with Crippen molar-refractivity contribution in [2.75, 3.05) is 41.8 Å². The maximum absolute atomic E-state index is 13.3. The fourth-order valence-corrected chi connectivity index (χ4v) is 7.97. The Bertz CT molecular complexity index is 1670. The molecular formula is C33H35N5O3S. The zero-order valence-corrected chi connectivity index (χ0v) is 24.8. The van der Waals surface area contributed by atoms with Crippen LogP contribution < -0.4 is 21.1 Å². The van der Waals surface area contributed by atoms with Gasteiger partial charge in [0.25, 0.3) is 11.5 Å². The molecule has 7 rings (SSSR count). The number of fused-ring (bicyclic) bond motifs is 5. The lowest BCUT2D eigenvalue weighted by Gasteiger charge is -2.21. The topological polar surface area (TPSA) is 88.5 Å². The van der Waals surface area contributed by atoms with E-state index in [1.807, 2.05) is 55.7 Å². The number of aryl methyl sites for hydroxylation is 1. The fraction of sp³-hybridized carbons (Fsp3) is 0.364. The molecule has 4 aromatic rings. The molecular weight excluding hydrogens is 546 g/mol.